The Balaban J connectivity index is 1.67. The van der Waals surface area contributed by atoms with E-state index in [-0.39, 0.29) is 11.9 Å². The number of nitrogens with one attached hydrogen (secondary N) is 1. The highest BCUT2D eigenvalue weighted by atomic mass is 16.5. The Labute approximate surface area is 193 Å². The van der Waals surface area contributed by atoms with Crippen LogP contribution in [-0.2, 0) is 17.8 Å². The molecule has 1 unspecified atom stereocenters. The number of likely N-dealkylation sites (N-methyl/N-ethyl adjacent to an activating group) is 1. The molecule has 1 N–H and O–H groups in total. The molecule has 32 heavy (non-hydrogen) atoms. The van der Waals surface area contributed by atoms with Crippen LogP contribution in [0.4, 0.5) is 0 Å². The number of amides is 1. The van der Waals surface area contributed by atoms with Gasteiger partial charge in [-0.1, -0.05) is 43.3 Å². The zero-order chi connectivity index (χ0) is 23.1. The minimum atomic E-state index is -0.238. The van der Waals surface area contributed by atoms with Crippen molar-refractivity contribution in [1.82, 2.24) is 15.1 Å². The van der Waals surface area contributed by atoms with E-state index in [1.807, 2.05) is 24.3 Å². The van der Waals surface area contributed by atoms with Crippen molar-refractivity contribution in [3.63, 3.8) is 0 Å². The lowest BCUT2D eigenvalue weighted by molar-refractivity contribution is -0.127. The quantitative estimate of drug-likeness (QED) is 0.598. The van der Waals surface area contributed by atoms with Crippen LogP contribution in [0.3, 0.4) is 0 Å². The lowest BCUT2D eigenvalue weighted by Gasteiger charge is -2.36. The fourth-order valence-electron chi connectivity index (χ4n) is 4.65. The number of rotatable bonds is 10. The van der Waals surface area contributed by atoms with E-state index in [1.165, 1.54) is 5.56 Å². The molecule has 1 aliphatic rings. The summed E-state index contributed by atoms with van der Waals surface area (Å²) in [5.41, 5.74) is 3.47. The van der Waals surface area contributed by atoms with Gasteiger partial charge in [0.05, 0.1) is 0 Å². The zero-order valence-corrected chi connectivity index (χ0v) is 20.3. The molecular weight excluding hydrogens is 398 g/mol. The first-order valence-corrected chi connectivity index (χ1v) is 12.0. The van der Waals surface area contributed by atoms with Crippen LogP contribution in [0.25, 0.3) is 0 Å². The molecule has 0 fully saturated rings. The van der Waals surface area contributed by atoms with Crippen LogP contribution in [0.2, 0.25) is 0 Å². The van der Waals surface area contributed by atoms with Crippen molar-refractivity contribution in [3.8, 4) is 5.75 Å². The number of fused-ring (bicyclic) bond motifs is 1. The zero-order valence-electron chi connectivity index (χ0n) is 20.3. The van der Waals surface area contributed by atoms with E-state index in [2.05, 4.69) is 74.0 Å². The number of hydrogen-bond donors (Lipinski definition) is 1. The Bertz CT molecular complexity index is 858. The summed E-state index contributed by atoms with van der Waals surface area (Å²) < 4.78 is 6.02. The van der Waals surface area contributed by atoms with Gasteiger partial charge in [-0.15, -0.1) is 0 Å². The van der Waals surface area contributed by atoms with Gasteiger partial charge in [0, 0.05) is 31.7 Å². The number of ether oxygens (including phenoxy) is 1. The van der Waals surface area contributed by atoms with Crippen LogP contribution in [-0.4, -0.2) is 54.0 Å². The molecule has 2 aromatic rings. The van der Waals surface area contributed by atoms with Crippen LogP contribution >= 0.6 is 0 Å². The van der Waals surface area contributed by atoms with Gasteiger partial charge in [0.1, 0.15) is 18.4 Å². The fourth-order valence-corrected chi connectivity index (χ4v) is 4.65. The Morgan fingerprint density at radius 2 is 1.84 bits per heavy atom. The number of nitrogens with zero attached hydrogens (tertiary/aromatic N) is 2. The Kier molecular flexibility index (Phi) is 8.71. The summed E-state index contributed by atoms with van der Waals surface area (Å²) in [6.07, 6.45) is 0.934. The molecule has 1 amide bonds. The maximum atomic E-state index is 13.2. The Morgan fingerprint density at radius 3 is 2.50 bits per heavy atom. The van der Waals surface area contributed by atoms with Gasteiger partial charge >= 0.3 is 0 Å². The van der Waals surface area contributed by atoms with Crippen LogP contribution in [0, 0.1) is 0 Å². The van der Waals surface area contributed by atoms with Crippen molar-refractivity contribution in [2.75, 3.05) is 26.2 Å². The minimum absolute atomic E-state index is 0.0956. The molecule has 0 radical (unpaired) electrons. The Morgan fingerprint density at radius 1 is 1.12 bits per heavy atom. The largest absolute Gasteiger partial charge is 0.489 e. The highest BCUT2D eigenvalue weighted by molar-refractivity contribution is 5.84. The maximum Gasteiger partial charge on any atom is 0.242 e. The van der Waals surface area contributed by atoms with Gasteiger partial charge in [-0.2, -0.15) is 0 Å². The monoisotopic (exact) mass is 437 g/mol. The van der Waals surface area contributed by atoms with E-state index >= 15 is 0 Å². The molecule has 1 heterocycles. The van der Waals surface area contributed by atoms with Crippen molar-refractivity contribution in [3.05, 3.63) is 65.2 Å². The molecule has 0 aromatic heterocycles. The topological polar surface area (TPSA) is 44.8 Å². The van der Waals surface area contributed by atoms with Crippen molar-refractivity contribution >= 4 is 5.91 Å². The SMILES string of the molecule is CCN1CCc2cc(OCc3ccccc3)ccc2C1C(=O)NCCN(C(C)C)C(C)C. The molecule has 0 saturated carbocycles. The van der Waals surface area contributed by atoms with E-state index < -0.39 is 0 Å². The van der Waals surface area contributed by atoms with Gasteiger partial charge in [0.15, 0.2) is 0 Å². The van der Waals surface area contributed by atoms with Gasteiger partial charge in [-0.3, -0.25) is 14.6 Å². The molecule has 5 heteroatoms. The molecule has 2 aromatic carbocycles. The standard InChI is InChI=1S/C27H39N3O2/c1-6-29-16-14-23-18-24(32-19-22-10-8-7-9-11-22)12-13-25(23)26(29)27(31)28-15-17-30(20(2)3)21(4)5/h7-13,18,20-21,26H,6,14-17,19H2,1-5H3,(H,28,31). The van der Waals surface area contributed by atoms with Gasteiger partial charge in [-0.05, 0) is 69.5 Å². The van der Waals surface area contributed by atoms with Crippen LogP contribution < -0.4 is 10.1 Å². The van der Waals surface area contributed by atoms with Gasteiger partial charge < -0.3 is 10.1 Å². The lowest BCUT2D eigenvalue weighted by Crippen LogP contribution is -2.47. The molecule has 3 rings (SSSR count). The van der Waals surface area contributed by atoms with Gasteiger partial charge in [-0.25, -0.2) is 0 Å². The Hall–Kier alpha value is -2.37. The smallest absolute Gasteiger partial charge is 0.242 e. The second-order valence-corrected chi connectivity index (χ2v) is 9.13. The predicted octanol–water partition coefficient (Wildman–Crippen LogP) is 4.42. The fraction of sp³-hybridized carbons (Fsp3) is 0.519. The summed E-state index contributed by atoms with van der Waals surface area (Å²) in [4.78, 5) is 17.9. The summed E-state index contributed by atoms with van der Waals surface area (Å²) in [5.74, 6) is 0.958. The summed E-state index contributed by atoms with van der Waals surface area (Å²) >= 11 is 0. The van der Waals surface area contributed by atoms with Crippen molar-refractivity contribution < 1.29 is 9.53 Å². The molecule has 1 aliphatic heterocycles. The lowest BCUT2D eigenvalue weighted by atomic mass is 9.91. The molecule has 0 saturated heterocycles. The second kappa shape index (κ2) is 11.5. The summed E-state index contributed by atoms with van der Waals surface area (Å²) in [5, 5.41) is 3.21. The first-order valence-electron chi connectivity index (χ1n) is 12.0. The third kappa shape index (κ3) is 6.11. The highest BCUT2D eigenvalue weighted by Gasteiger charge is 2.32. The van der Waals surface area contributed by atoms with E-state index in [0.717, 1.165) is 42.9 Å². The summed E-state index contributed by atoms with van der Waals surface area (Å²) in [6.45, 7) is 14.8. The van der Waals surface area contributed by atoms with E-state index in [4.69, 9.17) is 4.74 Å². The van der Waals surface area contributed by atoms with Gasteiger partial charge in [0.2, 0.25) is 5.91 Å². The number of carbonyl (C=O) groups excluding carboxylic acids is 1. The molecule has 0 aliphatic carbocycles. The maximum absolute atomic E-state index is 13.2. The number of carbonyl (C=O) groups is 1. The normalized spacial score (nSPS) is 16.4. The van der Waals surface area contributed by atoms with Crippen molar-refractivity contribution in [2.24, 2.45) is 0 Å². The molecule has 1 atom stereocenters. The first-order chi connectivity index (χ1) is 15.4. The first kappa shape index (κ1) is 24.3. The van der Waals surface area contributed by atoms with Crippen molar-refractivity contribution in [2.45, 2.75) is 65.8 Å². The molecule has 5 nitrogen and oxygen atoms in total. The third-order valence-corrected chi connectivity index (χ3v) is 6.34. The van der Waals surface area contributed by atoms with E-state index in [1.54, 1.807) is 0 Å². The minimum Gasteiger partial charge on any atom is -0.489 e. The molecule has 0 spiro atoms. The molecular formula is C27H39N3O2. The van der Waals surface area contributed by atoms with Crippen molar-refractivity contribution in [1.29, 1.82) is 0 Å². The average Bonchev–Trinajstić information content (AvgIpc) is 2.79. The molecule has 174 valence electrons. The van der Waals surface area contributed by atoms with Gasteiger partial charge in [0.25, 0.3) is 0 Å². The predicted molar refractivity (Wildman–Crippen MR) is 131 cm³/mol. The third-order valence-electron chi connectivity index (χ3n) is 6.34. The summed E-state index contributed by atoms with van der Waals surface area (Å²) in [7, 11) is 0. The number of benzene rings is 2. The average molecular weight is 438 g/mol. The van der Waals surface area contributed by atoms with E-state index in [0.29, 0.717) is 25.2 Å². The van der Waals surface area contributed by atoms with E-state index in [9.17, 15) is 4.79 Å². The number of hydrogen-bond acceptors (Lipinski definition) is 4. The molecule has 0 bridgehead atoms. The van der Waals surface area contributed by atoms with Crippen LogP contribution in [0.1, 0.15) is 57.4 Å². The van der Waals surface area contributed by atoms with Crippen LogP contribution in [0.5, 0.6) is 5.75 Å². The second-order valence-electron chi connectivity index (χ2n) is 9.13. The van der Waals surface area contributed by atoms with Crippen LogP contribution in [0.15, 0.2) is 48.5 Å². The summed E-state index contributed by atoms with van der Waals surface area (Å²) in [6, 6.07) is 17.1. The highest BCUT2D eigenvalue weighted by Crippen LogP contribution is 2.32.